The van der Waals surface area contributed by atoms with Crippen LogP contribution in [-0.2, 0) is 0 Å². The maximum atomic E-state index is 6.41. The Kier molecular flexibility index (Phi) is 8.30. The molecule has 0 aliphatic rings. The van der Waals surface area contributed by atoms with Crippen molar-refractivity contribution in [3.63, 3.8) is 0 Å². The van der Waals surface area contributed by atoms with Crippen molar-refractivity contribution in [1.29, 1.82) is 0 Å². The van der Waals surface area contributed by atoms with Crippen LogP contribution in [0.3, 0.4) is 0 Å². The molecule has 56 heavy (non-hydrogen) atoms. The summed E-state index contributed by atoms with van der Waals surface area (Å²) in [4.78, 5) is 2.30. The first kappa shape index (κ1) is 33.1. The fourth-order valence-corrected chi connectivity index (χ4v) is 7.62. The van der Waals surface area contributed by atoms with Gasteiger partial charge in [0.25, 0.3) is 0 Å². The van der Waals surface area contributed by atoms with Gasteiger partial charge in [0.2, 0.25) is 5.88 Å². The van der Waals surface area contributed by atoms with Crippen LogP contribution in [0.2, 0.25) is 0 Å². The lowest BCUT2D eigenvalue weighted by molar-refractivity contribution is 0.632. The number of hydrogen-bond donors (Lipinski definition) is 2. The molecule has 5 nitrogen and oxygen atoms in total. The van der Waals surface area contributed by atoms with Crippen LogP contribution in [0, 0.1) is 6.92 Å². The van der Waals surface area contributed by atoms with Crippen LogP contribution < -0.4 is 15.5 Å². The molecule has 5 heteroatoms. The number of para-hydroxylation sites is 4. The molecule has 0 unspecified atom stereocenters. The van der Waals surface area contributed by atoms with E-state index in [-0.39, 0.29) is 0 Å². The molecule has 268 valence electrons. The molecule has 2 aromatic heterocycles. The van der Waals surface area contributed by atoms with Gasteiger partial charge in [0.15, 0.2) is 0 Å². The molecule has 2 N–H and O–H groups in total. The molecule has 0 spiro atoms. The predicted molar refractivity (Wildman–Crippen MR) is 233 cm³/mol. The van der Waals surface area contributed by atoms with Gasteiger partial charge < -0.3 is 24.4 Å². The number of anilines is 7. The van der Waals surface area contributed by atoms with Crippen LogP contribution in [0.1, 0.15) is 5.56 Å². The van der Waals surface area contributed by atoms with E-state index < -0.39 is 0 Å². The third-order valence-corrected chi connectivity index (χ3v) is 10.5. The molecular weight excluding hydrogens is 687 g/mol. The number of nitrogens with zero attached hydrogens (tertiary/aromatic N) is 1. The molecule has 0 radical (unpaired) electrons. The van der Waals surface area contributed by atoms with Crippen molar-refractivity contribution >= 4 is 72.9 Å². The Morgan fingerprint density at radius 1 is 0.411 bits per heavy atom. The van der Waals surface area contributed by atoms with Gasteiger partial charge in [-0.15, -0.1) is 0 Å². The lowest BCUT2D eigenvalue weighted by Crippen LogP contribution is -2.11. The molecule has 0 fully saturated rings. The summed E-state index contributed by atoms with van der Waals surface area (Å²) in [6, 6.07) is 67.5. The summed E-state index contributed by atoms with van der Waals surface area (Å²) in [7, 11) is 0. The standard InChI is InChI=1S/C51H37N3O2/c1-34-42-17-8-10-21-48(42)56-51(34)53-46-32-31-41(33-47(46)52-38-15-6-3-7-16-38)54(39-27-23-36(24-28-39)35-13-4-2-5-14-35)40-29-25-37(26-30-40)43-19-12-20-45-44-18-9-11-22-49(44)55-50(43)45/h2-33,52-53H,1H3. The second-order valence-electron chi connectivity index (χ2n) is 14.0. The number of nitrogens with one attached hydrogen (secondary N) is 2. The van der Waals surface area contributed by atoms with Crippen LogP contribution in [0.15, 0.2) is 203 Å². The van der Waals surface area contributed by atoms with E-state index in [0.29, 0.717) is 0 Å². The Labute approximate surface area is 325 Å². The number of hydrogen-bond acceptors (Lipinski definition) is 5. The minimum Gasteiger partial charge on any atom is -0.455 e. The highest BCUT2D eigenvalue weighted by Gasteiger charge is 2.19. The Morgan fingerprint density at radius 2 is 0.982 bits per heavy atom. The van der Waals surface area contributed by atoms with Crippen LogP contribution in [0.4, 0.5) is 40.0 Å². The van der Waals surface area contributed by atoms with Gasteiger partial charge in [-0.05, 0) is 90.3 Å². The molecular formula is C51H37N3O2. The Morgan fingerprint density at radius 3 is 1.70 bits per heavy atom. The van der Waals surface area contributed by atoms with Gasteiger partial charge in [0, 0.05) is 50.0 Å². The summed E-state index contributed by atoms with van der Waals surface area (Å²) in [5, 5.41) is 10.6. The van der Waals surface area contributed by atoms with E-state index in [9.17, 15) is 0 Å². The Balaban J connectivity index is 1.08. The first-order valence-electron chi connectivity index (χ1n) is 18.8. The summed E-state index contributed by atoms with van der Waals surface area (Å²) in [6.07, 6.45) is 0. The summed E-state index contributed by atoms with van der Waals surface area (Å²) in [6.45, 7) is 2.09. The SMILES string of the molecule is Cc1c(Nc2ccc(N(c3ccc(-c4ccccc4)cc3)c3ccc(-c4cccc5c4oc4ccccc45)cc3)cc2Nc2ccccc2)oc2ccccc12. The number of benzene rings is 8. The fourth-order valence-electron chi connectivity index (χ4n) is 7.62. The molecule has 0 aliphatic heterocycles. The molecule has 8 aromatic carbocycles. The second-order valence-corrected chi connectivity index (χ2v) is 14.0. The summed E-state index contributed by atoms with van der Waals surface area (Å²) >= 11 is 0. The molecule has 0 saturated heterocycles. The van der Waals surface area contributed by atoms with Gasteiger partial charge >= 0.3 is 0 Å². The zero-order valence-corrected chi connectivity index (χ0v) is 30.7. The quantitative estimate of drug-likeness (QED) is 0.155. The van der Waals surface area contributed by atoms with Crippen molar-refractivity contribution in [1.82, 2.24) is 0 Å². The minimum atomic E-state index is 0.721. The van der Waals surface area contributed by atoms with Gasteiger partial charge in [-0.1, -0.05) is 127 Å². The molecule has 0 atom stereocenters. The molecule has 0 amide bonds. The number of fused-ring (bicyclic) bond motifs is 4. The summed E-state index contributed by atoms with van der Waals surface area (Å²) in [5.41, 5.74) is 14.1. The van der Waals surface area contributed by atoms with E-state index in [1.807, 2.05) is 54.6 Å². The van der Waals surface area contributed by atoms with E-state index in [1.54, 1.807) is 0 Å². The van der Waals surface area contributed by atoms with Gasteiger partial charge in [-0.2, -0.15) is 0 Å². The van der Waals surface area contributed by atoms with Crippen LogP contribution >= 0.6 is 0 Å². The third-order valence-electron chi connectivity index (χ3n) is 10.5. The smallest absolute Gasteiger partial charge is 0.201 e. The van der Waals surface area contributed by atoms with E-state index in [2.05, 4.69) is 162 Å². The van der Waals surface area contributed by atoms with Gasteiger partial charge in [0.05, 0.1) is 11.4 Å². The van der Waals surface area contributed by atoms with E-state index in [0.717, 1.165) is 95.2 Å². The Hall–Kier alpha value is -7.50. The molecule has 0 aliphatic carbocycles. The Bertz CT molecular complexity index is 2970. The third kappa shape index (κ3) is 6.11. The van der Waals surface area contributed by atoms with Crippen molar-refractivity contribution in [3.05, 3.63) is 200 Å². The average Bonchev–Trinajstić information content (AvgIpc) is 3.80. The van der Waals surface area contributed by atoms with E-state index in [4.69, 9.17) is 8.83 Å². The zero-order chi connectivity index (χ0) is 37.4. The minimum absolute atomic E-state index is 0.721. The van der Waals surface area contributed by atoms with Crippen molar-refractivity contribution in [2.24, 2.45) is 0 Å². The fraction of sp³-hybridized carbons (Fsp3) is 0.0196. The maximum absolute atomic E-state index is 6.41. The highest BCUT2D eigenvalue weighted by Crippen LogP contribution is 2.43. The summed E-state index contributed by atoms with van der Waals surface area (Å²) in [5.74, 6) is 0.721. The van der Waals surface area contributed by atoms with Crippen molar-refractivity contribution in [2.75, 3.05) is 15.5 Å². The molecule has 0 bridgehead atoms. The normalized spacial score (nSPS) is 11.3. The van der Waals surface area contributed by atoms with Crippen LogP contribution in [0.5, 0.6) is 0 Å². The van der Waals surface area contributed by atoms with E-state index in [1.165, 1.54) is 5.56 Å². The van der Waals surface area contributed by atoms with Gasteiger partial charge in [-0.25, -0.2) is 0 Å². The highest BCUT2D eigenvalue weighted by atomic mass is 16.4. The molecule has 10 aromatic rings. The van der Waals surface area contributed by atoms with Crippen molar-refractivity contribution < 1.29 is 8.83 Å². The topological polar surface area (TPSA) is 53.6 Å². The van der Waals surface area contributed by atoms with Crippen LogP contribution in [-0.4, -0.2) is 0 Å². The van der Waals surface area contributed by atoms with Crippen molar-refractivity contribution in [3.8, 4) is 22.3 Å². The number of furan rings is 2. The van der Waals surface area contributed by atoms with Crippen molar-refractivity contribution in [2.45, 2.75) is 6.92 Å². The first-order valence-corrected chi connectivity index (χ1v) is 18.8. The summed E-state index contributed by atoms with van der Waals surface area (Å²) < 4.78 is 12.7. The zero-order valence-electron chi connectivity index (χ0n) is 30.7. The lowest BCUT2D eigenvalue weighted by Gasteiger charge is -2.27. The molecule has 10 rings (SSSR count). The lowest BCUT2D eigenvalue weighted by atomic mass is 10.0. The van der Waals surface area contributed by atoms with Gasteiger partial charge in [-0.3, -0.25) is 0 Å². The predicted octanol–water partition coefficient (Wildman–Crippen LogP) is 14.9. The first-order chi connectivity index (χ1) is 27.7. The van der Waals surface area contributed by atoms with Gasteiger partial charge in [0.1, 0.15) is 16.7 Å². The largest absolute Gasteiger partial charge is 0.455 e. The maximum Gasteiger partial charge on any atom is 0.201 e. The number of aryl methyl sites for hydroxylation is 1. The highest BCUT2D eigenvalue weighted by molar-refractivity contribution is 6.09. The second kappa shape index (κ2) is 14.0. The average molecular weight is 724 g/mol. The van der Waals surface area contributed by atoms with Crippen LogP contribution in [0.25, 0.3) is 55.2 Å². The molecule has 0 saturated carbocycles. The molecule has 2 heterocycles. The number of rotatable bonds is 9. The van der Waals surface area contributed by atoms with E-state index >= 15 is 0 Å². The monoisotopic (exact) mass is 723 g/mol.